The minimum Gasteiger partial charge on any atom is -0.510 e. The van der Waals surface area contributed by atoms with Crippen LogP contribution < -0.4 is 19.9 Å². The van der Waals surface area contributed by atoms with Gasteiger partial charge in [0.05, 0.1) is 0 Å². The molecule has 6 nitrogen and oxygen atoms in total. The minimum absolute atomic E-state index is 0. The Hall–Kier alpha value is -4.80. The van der Waals surface area contributed by atoms with Gasteiger partial charge >= 0.3 is 0 Å². The number of hydrogen-bond donors (Lipinski definition) is 1. The molecule has 7 heteroatoms. The molecule has 0 aliphatic carbocycles. The molecule has 4 aromatic carbocycles. The quantitative estimate of drug-likeness (QED) is 0.176. The largest absolute Gasteiger partial charge is 0.510 e. The molecule has 0 bridgehead atoms. The van der Waals surface area contributed by atoms with Crippen molar-refractivity contribution in [2.45, 2.75) is 46.3 Å². The Balaban J connectivity index is 0.00000364. The van der Waals surface area contributed by atoms with Crippen molar-refractivity contribution in [3.63, 3.8) is 0 Å². The third kappa shape index (κ3) is 5.69. The van der Waals surface area contributed by atoms with Gasteiger partial charge in [-0.05, 0) is 83.8 Å². The first kappa shape index (κ1) is 31.8. The fourth-order valence-electron chi connectivity index (χ4n) is 6.57. The van der Waals surface area contributed by atoms with E-state index in [-0.39, 0.29) is 26.5 Å². The molecule has 244 valence electrons. The number of aryl methyl sites for hydroxylation is 2. The van der Waals surface area contributed by atoms with E-state index in [0.29, 0.717) is 5.75 Å². The van der Waals surface area contributed by atoms with E-state index in [1.807, 2.05) is 24.5 Å². The van der Waals surface area contributed by atoms with Gasteiger partial charge in [0.2, 0.25) is 0 Å². The predicted octanol–water partition coefficient (Wildman–Crippen LogP) is 9.18. The SMILES string of the molecule is Cc1cc(C)cc(N2[CH-]N(C3=[C-]C(Oc4[c-]c5c(cc4)c4ccccc4n5-c4cc(C(C)(C)C)ccn4)NC=C3)c3ccccc32)c1.[Pt]. The Kier molecular flexibility index (Phi) is 8.17. The van der Waals surface area contributed by atoms with Gasteiger partial charge in [0, 0.05) is 55.6 Å². The molecule has 6 aromatic rings. The van der Waals surface area contributed by atoms with Gasteiger partial charge in [-0.1, -0.05) is 68.9 Å². The van der Waals surface area contributed by atoms with E-state index in [4.69, 9.17) is 9.72 Å². The van der Waals surface area contributed by atoms with E-state index in [1.165, 1.54) is 16.7 Å². The zero-order valence-corrected chi connectivity index (χ0v) is 29.8. The average molecular weight is 810 g/mol. The summed E-state index contributed by atoms with van der Waals surface area (Å²) in [7, 11) is 0. The number of nitrogens with one attached hydrogen (secondary N) is 1. The van der Waals surface area contributed by atoms with Gasteiger partial charge in [-0.3, -0.25) is 0 Å². The molecule has 0 saturated carbocycles. The maximum atomic E-state index is 6.51. The van der Waals surface area contributed by atoms with Crippen molar-refractivity contribution in [2.24, 2.45) is 0 Å². The molecule has 2 aromatic heterocycles. The maximum Gasteiger partial charge on any atom is 0.135 e. The van der Waals surface area contributed by atoms with Gasteiger partial charge in [0.15, 0.2) is 0 Å². The second-order valence-corrected chi connectivity index (χ2v) is 13.3. The van der Waals surface area contributed by atoms with Crippen LogP contribution in [0.15, 0.2) is 115 Å². The molecular formula is C41H36N5OPt-3. The third-order valence-electron chi connectivity index (χ3n) is 8.79. The Morgan fingerprint density at radius 2 is 1.56 bits per heavy atom. The molecule has 1 unspecified atom stereocenters. The van der Waals surface area contributed by atoms with E-state index < -0.39 is 6.23 Å². The number of benzene rings is 4. The summed E-state index contributed by atoms with van der Waals surface area (Å²) in [5, 5.41) is 5.57. The molecule has 0 fully saturated rings. The fraction of sp³-hybridized carbons (Fsp3) is 0.171. The van der Waals surface area contributed by atoms with Crippen LogP contribution >= 0.6 is 0 Å². The van der Waals surface area contributed by atoms with Gasteiger partial charge < -0.3 is 24.4 Å². The van der Waals surface area contributed by atoms with Gasteiger partial charge in [0.25, 0.3) is 0 Å². The van der Waals surface area contributed by atoms with Gasteiger partial charge in [-0.2, -0.15) is 23.9 Å². The molecule has 48 heavy (non-hydrogen) atoms. The zero-order valence-electron chi connectivity index (χ0n) is 27.6. The monoisotopic (exact) mass is 809 g/mol. The summed E-state index contributed by atoms with van der Waals surface area (Å²) in [6, 6.07) is 35.4. The second kappa shape index (κ2) is 12.3. The number of fused-ring (bicyclic) bond motifs is 4. The maximum absolute atomic E-state index is 6.51. The van der Waals surface area contributed by atoms with Crippen LogP contribution in [0.4, 0.5) is 17.1 Å². The van der Waals surface area contributed by atoms with E-state index >= 15 is 0 Å². The summed E-state index contributed by atoms with van der Waals surface area (Å²) >= 11 is 0. The summed E-state index contributed by atoms with van der Waals surface area (Å²) in [6.07, 6.45) is 8.87. The topological polar surface area (TPSA) is 45.6 Å². The molecule has 1 N–H and O–H groups in total. The number of hydrogen-bond acceptors (Lipinski definition) is 5. The van der Waals surface area contributed by atoms with E-state index in [2.05, 4.69) is 158 Å². The summed E-state index contributed by atoms with van der Waals surface area (Å²) in [4.78, 5) is 9.20. The minimum atomic E-state index is -0.514. The summed E-state index contributed by atoms with van der Waals surface area (Å²) in [5.41, 5.74) is 9.91. The number of anilines is 3. The van der Waals surface area contributed by atoms with Gasteiger partial charge in [-0.25, -0.2) is 4.98 Å². The number of aromatic nitrogens is 2. The van der Waals surface area contributed by atoms with Crippen LogP contribution in [0, 0.1) is 32.7 Å². The summed E-state index contributed by atoms with van der Waals surface area (Å²) < 4.78 is 8.70. The molecule has 0 radical (unpaired) electrons. The molecular weight excluding hydrogens is 774 g/mol. The summed E-state index contributed by atoms with van der Waals surface area (Å²) in [5.74, 6) is 1.48. The van der Waals surface area contributed by atoms with Crippen LogP contribution in [0.1, 0.15) is 37.5 Å². The number of rotatable bonds is 5. The first-order chi connectivity index (χ1) is 22.7. The average Bonchev–Trinajstić information content (AvgIpc) is 3.60. The van der Waals surface area contributed by atoms with Crippen LogP contribution in [0.2, 0.25) is 0 Å². The Bertz CT molecular complexity index is 2210. The Morgan fingerprint density at radius 1 is 0.833 bits per heavy atom. The first-order valence-electron chi connectivity index (χ1n) is 16.0. The predicted molar refractivity (Wildman–Crippen MR) is 191 cm³/mol. The standard InChI is InChI=1S/C41H36N5O.Pt/c1-27-20-28(2)22-31(21-27)45-26-44(36-12-8-9-13-37(36)45)30-17-19-43-40(24-30)47-32-14-15-34-33-10-6-7-11-35(33)46(38(34)25-32)39-23-29(16-18-42-39)41(3,4)5;/h6-23,26,40,43H,1-5H3;/q-3;. The smallest absolute Gasteiger partial charge is 0.135 e. The molecule has 4 heterocycles. The van der Waals surface area contributed by atoms with Gasteiger partial charge in [0.1, 0.15) is 12.0 Å². The van der Waals surface area contributed by atoms with Crippen LogP contribution in [-0.4, -0.2) is 15.8 Å². The number of nitrogens with zero attached hydrogens (tertiary/aromatic N) is 4. The van der Waals surface area contributed by atoms with Crippen LogP contribution in [0.25, 0.3) is 27.6 Å². The van der Waals surface area contributed by atoms with E-state index in [1.54, 1.807) is 0 Å². The number of pyridine rings is 1. The van der Waals surface area contributed by atoms with Crippen LogP contribution in [0.5, 0.6) is 5.75 Å². The first-order valence-corrected chi connectivity index (χ1v) is 16.0. The van der Waals surface area contributed by atoms with Crippen molar-refractivity contribution >= 4 is 38.9 Å². The summed E-state index contributed by atoms with van der Waals surface area (Å²) in [6.45, 7) is 13.1. The van der Waals surface area contributed by atoms with Gasteiger partial charge in [-0.15, -0.1) is 24.2 Å². The number of ether oxygens (including phenoxy) is 1. The third-order valence-corrected chi connectivity index (χ3v) is 8.79. The van der Waals surface area contributed by atoms with Crippen molar-refractivity contribution in [1.29, 1.82) is 0 Å². The van der Waals surface area contributed by atoms with E-state index in [9.17, 15) is 0 Å². The zero-order chi connectivity index (χ0) is 32.3. The van der Waals surface area contributed by atoms with Crippen molar-refractivity contribution in [3.05, 3.63) is 151 Å². The van der Waals surface area contributed by atoms with Crippen LogP contribution in [0.3, 0.4) is 0 Å². The molecule has 2 aliphatic heterocycles. The molecule has 0 spiro atoms. The van der Waals surface area contributed by atoms with Crippen molar-refractivity contribution in [3.8, 4) is 11.6 Å². The fourth-order valence-corrected chi connectivity index (χ4v) is 6.57. The molecule has 2 aliphatic rings. The second-order valence-electron chi connectivity index (χ2n) is 13.3. The molecule has 8 rings (SSSR count). The number of dihydropyridines is 1. The molecule has 0 saturated heterocycles. The van der Waals surface area contributed by atoms with Crippen molar-refractivity contribution in [1.82, 2.24) is 14.9 Å². The van der Waals surface area contributed by atoms with Crippen LogP contribution in [-0.2, 0) is 26.5 Å². The van der Waals surface area contributed by atoms with Crippen molar-refractivity contribution < 1.29 is 25.8 Å². The van der Waals surface area contributed by atoms with E-state index in [0.717, 1.165) is 50.4 Å². The normalized spacial score (nSPS) is 15.7. The Morgan fingerprint density at radius 3 is 2.33 bits per heavy atom. The number of para-hydroxylation sites is 3. The molecule has 1 atom stereocenters. The number of allylic oxidation sites excluding steroid dienone is 1. The van der Waals surface area contributed by atoms with Crippen molar-refractivity contribution in [2.75, 3.05) is 9.80 Å². The Labute approximate surface area is 296 Å². The molecule has 0 amide bonds.